The first-order chi connectivity index (χ1) is 15.0. The van der Waals surface area contributed by atoms with Crippen LogP contribution in [0.4, 0.5) is 11.4 Å². The zero-order valence-corrected chi connectivity index (χ0v) is 18.3. The second-order valence-electron chi connectivity index (χ2n) is 7.90. The summed E-state index contributed by atoms with van der Waals surface area (Å²) in [4.78, 5) is 21.6. The highest BCUT2D eigenvalue weighted by molar-refractivity contribution is 6.05. The number of aromatic nitrogens is 1. The maximum absolute atomic E-state index is 13.0. The minimum Gasteiger partial charge on any atom is -0.495 e. The topological polar surface area (TPSA) is 57.7 Å². The lowest BCUT2D eigenvalue weighted by molar-refractivity contribution is 0.102. The molecule has 1 aromatic heterocycles. The second-order valence-corrected chi connectivity index (χ2v) is 7.90. The van der Waals surface area contributed by atoms with Crippen LogP contribution in [0.5, 0.6) is 5.75 Å². The molecule has 160 valence electrons. The number of anilines is 2. The normalized spacial score (nSPS) is 14.4. The summed E-state index contributed by atoms with van der Waals surface area (Å²) in [6.07, 6.45) is 3.57. The van der Waals surface area contributed by atoms with E-state index in [0.717, 1.165) is 60.0 Å². The monoisotopic (exact) mass is 416 g/mol. The Kier molecular flexibility index (Phi) is 6.18. The van der Waals surface area contributed by atoms with Gasteiger partial charge in [-0.2, -0.15) is 0 Å². The van der Waals surface area contributed by atoms with E-state index in [-0.39, 0.29) is 5.91 Å². The molecule has 31 heavy (non-hydrogen) atoms. The molecule has 1 saturated heterocycles. The van der Waals surface area contributed by atoms with Crippen molar-refractivity contribution in [3.63, 3.8) is 0 Å². The number of aryl methyl sites for hydroxylation is 1. The van der Waals surface area contributed by atoms with E-state index in [1.165, 1.54) is 0 Å². The molecule has 1 N–H and O–H groups in total. The zero-order chi connectivity index (χ0) is 21.8. The van der Waals surface area contributed by atoms with E-state index >= 15 is 0 Å². The molecule has 2 aromatic carbocycles. The third-order valence-electron chi connectivity index (χ3n) is 5.76. The Morgan fingerprint density at radius 3 is 2.42 bits per heavy atom. The maximum atomic E-state index is 13.0. The number of methoxy groups -OCH3 is 1. The van der Waals surface area contributed by atoms with Crippen molar-refractivity contribution in [2.75, 3.05) is 50.6 Å². The molecule has 4 rings (SSSR count). The highest BCUT2D eigenvalue weighted by Crippen LogP contribution is 2.31. The zero-order valence-electron chi connectivity index (χ0n) is 18.3. The lowest BCUT2D eigenvalue weighted by atomic mass is 10.0. The van der Waals surface area contributed by atoms with Crippen LogP contribution in [-0.4, -0.2) is 56.1 Å². The number of likely N-dealkylation sites (N-methyl/N-ethyl adjacent to an activating group) is 1. The van der Waals surface area contributed by atoms with Crippen LogP contribution in [0, 0.1) is 6.92 Å². The van der Waals surface area contributed by atoms with Crippen LogP contribution in [-0.2, 0) is 0 Å². The van der Waals surface area contributed by atoms with Gasteiger partial charge in [0.05, 0.1) is 12.8 Å². The number of carbonyl (C=O) groups is 1. The lowest BCUT2D eigenvalue weighted by Gasteiger charge is -2.34. The van der Waals surface area contributed by atoms with Crippen LogP contribution >= 0.6 is 0 Å². The van der Waals surface area contributed by atoms with Crippen molar-refractivity contribution in [1.82, 2.24) is 9.88 Å². The first-order valence-corrected chi connectivity index (χ1v) is 10.5. The van der Waals surface area contributed by atoms with Crippen LogP contribution in [0.15, 0.2) is 60.9 Å². The van der Waals surface area contributed by atoms with Gasteiger partial charge in [-0.25, -0.2) is 0 Å². The fraction of sp³-hybridized carbons (Fsp3) is 0.280. The van der Waals surface area contributed by atoms with Gasteiger partial charge in [-0.3, -0.25) is 9.78 Å². The summed E-state index contributed by atoms with van der Waals surface area (Å²) in [6.45, 7) is 5.84. The summed E-state index contributed by atoms with van der Waals surface area (Å²) in [5.74, 6) is 0.660. The average Bonchev–Trinajstić information content (AvgIpc) is 2.80. The van der Waals surface area contributed by atoms with Gasteiger partial charge in [0.15, 0.2) is 0 Å². The van der Waals surface area contributed by atoms with Crippen molar-refractivity contribution in [1.29, 1.82) is 0 Å². The molecule has 6 heteroatoms. The van der Waals surface area contributed by atoms with Crippen LogP contribution in [0.25, 0.3) is 11.1 Å². The van der Waals surface area contributed by atoms with Crippen molar-refractivity contribution in [2.24, 2.45) is 0 Å². The minimum absolute atomic E-state index is 0.130. The predicted molar refractivity (Wildman–Crippen MR) is 125 cm³/mol. The number of rotatable bonds is 5. The van der Waals surface area contributed by atoms with E-state index < -0.39 is 0 Å². The molecule has 0 spiro atoms. The molecule has 1 amide bonds. The van der Waals surface area contributed by atoms with Gasteiger partial charge in [-0.15, -0.1) is 0 Å². The predicted octanol–water partition coefficient (Wildman–Crippen LogP) is 4.07. The van der Waals surface area contributed by atoms with E-state index in [1.807, 2.05) is 55.5 Å². The van der Waals surface area contributed by atoms with Gasteiger partial charge in [0.25, 0.3) is 5.91 Å². The van der Waals surface area contributed by atoms with Gasteiger partial charge in [0.2, 0.25) is 0 Å². The first-order valence-electron chi connectivity index (χ1n) is 10.5. The molecule has 3 aromatic rings. The highest BCUT2D eigenvalue weighted by atomic mass is 16.5. The van der Waals surface area contributed by atoms with Crippen molar-refractivity contribution in [3.05, 3.63) is 72.1 Å². The first kappa shape index (κ1) is 20.9. The SMILES string of the molecule is COc1ccc(C(=O)Nc2ccc(-c3ccncc3)c(C)c2)cc1N1CCN(C)CC1. The van der Waals surface area contributed by atoms with Gasteiger partial charge < -0.3 is 19.9 Å². The van der Waals surface area contributed by atoms with Gasteiger partial charge in [-0.05, 0) is 73.1 Å². The Balaban J connectivity index is 1.53. The summed E-state index contributed by atoms with van der Waals surface area (Å²) >= 11 is 0. The van der Waals surface area contributed by atoms with Crippen molar-refractivity contribution in [3.8, 4) is 16.9 Å². The Labute approximate surface area is 183 Å². The molecular weight excluding hydrogens is 388 g/mol. The second kappa shape index (κ2) is 9.18. The minimum atomic E-state index is -0.130. The molecule has 0 radical (unpaired) electrons. The Morgan fingerprint density at radius 1 is 1.00 bits per heavy atom. The number of pyridine rings is 1. The fourth-order valence-corrected chi connectivity index (χ4v) is 3.93. The Hall–Kier alpha value is -3.38. The van der Waals surface area contributed by atoms with Gasteiger partial charge in [0, 0.05) is 49.8 Å². The van der Waals surface area contributed by atoms with E-state index in [0.29, 0.717) is 5.56 Å². The third-order valence-corrected chi connectivity index (χ3v) is 5.76. The van der Waals surface area contributed by atoms with Crippen molar-refractivity contribution < 1.29 is 9.53 Å². The number of carbonyl (C=O) groups excluding carboxylic acids is 1. The molecule has 0 bridgehead atoms. The quantitative estimate of drug-likeness (QED) is 0.680. The molecule has 0 atom stereocenters. The van der Waals surface area contributed by atoms with Gasteiger partial charge >= 0.3 is 0 Å². The third kappa shape index (κ3) is 4.70. The summed E-state index contributed by atoms with van der Waals surface area (Å²) in [5, 5.41) is 3.03. The van der Waals surface area contributed by atoms with E-state index in [1.54, 1.807) is 19.5 Å². The highest BCUT2D eigenvalue weighted by Gasteiger charge is 2.19. The van der Waals surface area contributed by atoms with E-state index in [4.69, 9.17) is 4.74 Å². The summed E-state index contributed by atoms with van der Waals surface area (Å²) < 4.78 is 5.56. The maximum Gasteiger partial charge on any atom is 0.255 e. The van der Waals surface area contributed by atoms with Crippen LogP contribution in [0.1, 0.15) is 15.9 Å². The van der Waals surface area contributed by atoms with Crippen LogP contribution < -0.4 is 15.0 Å². The number of ether oxygens (including phenoxy) is 1. The molecule has 1 fully saturated rings. The summed E-state index contributed by atoms with van der Waals surface area (Å²) in [6, 6.07) is 15.5. The number of nitrogens with zero attached hydrogens (tertiary/aromatic N) is 3. The molecule has 2 heterocycles. The molecule has 1 aliphatic rings. The number of hydrogen-bond acceptors (Lipinski definition) is 5. The molecule has 0 saturated carbocycles. The van der Waals surface area contributed by atoms with Crippen molar-refractivity contribution in [2.45, 2.75) is 6.92 Å². The number of amides is 1. The van der Waals surface area contributed by atoms with E-state index in [9.17, 15) is 4.79 Å². The number of hydrogen-bond donors (Lipinski definition) is 1. The largest absolute Gasteiger partial charge is 0.495 e. The standard InChI is InChI=1S/C25H28N4O2/c1-18-16-21(5-6-22(18)19-8-10-26-11-9-19)27-25(30)20-4-7-24(31-3)23(17-20)29-14-12-28(2)13-15-29/h4-11,16-17H,12-15H2,1-3H3,(H,27,30). The van der Waals surface area contributed by atoms with Gasteiger partial charge in [0.1, 0.15) is 5.75 Å². The lowest BCUT2D eigenvalue weighted by Crippen LogP contribution is -2.44. The van der Waals surface area contributed by atoms with Crippen LogP contribution in [0.3, 0.4) is 0 Å². The molecule has 1 aliphatic heterocycles. The molecular formula is C25H28N4O2. The summed E-state index contributed by atoms with van der Waals surface area (Å²) in [5.41, 5.74) is 5.69. The Bertz CT molecular complexity index is 1060. The number of benzene rings is 2. The number of piperazine rings is 1. The fourth-order valence-electron chi connectivity index (χ4n) is 3.93. The molecule has 6 nitrogen and oxygen atoms in total. The Morgan fingerprint density at radius 2 is 1.74 bits per heavy atom. The summed E-state index contributed by atoms with van der Waals surface area (Å²) in [7, 11) is 3.79. The van der Waals surface area contributed by atoms with Gasteiger partial charge in [-0.1, -0.05) is 6.07 Å². The van der Waals surface area contributed by atoms with Crippen molar-refractivity contribution >= 4 is 17.3 Å². The van der Waals surface area contributed by atoms with Crippen LogP contribution in [0.2, 0.25) is 0 Å². The smallest absolute Gasteiger partial charge is 0.255 e. The number of nitrogens with one attached hydrogen (secondary N) is 1. The average molecular weight is 417 g/mol. The molecule has 0 aliphatic carbocycles. The van der Waals surface area contributed by atoms with E-state index in [2.05, 4.69) is 27.1 Å². The molecule has 0 unspecified atom stereocenters.